The number of aliphatic hydroxyl groups excluding tert-OH is 1. The van der Waals surface area contributed by atoms with Crippen LogP contribution >= 0.6 is 0 Å². The Hall–Kier alpha value is -0.830. The average Bonchev–Trinajstić information content (AvgIpc) is 2.66. The molecule has 0 heterocycles. The van der Waals surface area contributed by atoms with Crippen LogP contribution in [-0.2, 0) is 4.79 Å². The van der Waals surface area contributed by atoms with Gasteiger partial charge in [-0.1, -0.05) is 18.6 Å². The summed E-state index contributed by atoms with van der Waals surface area (Å²) in [5.41, 5.74) is -0.690. The minimum atomic E-state index is -0.724. The van der Waals surface area contributed by atoms with Gasteiger partial charge in [0.05, 0.1) is 11.5 Å². The number of allylic oxidation sites excluding steroid dienone is 2. The molecular weight excluding hydrogens is 192 g/mol. The number of aliphatic hydroxyl groups is 1. The topological polar surface area (TPSA) is 57.5 Å². The number of carbonyl (C=O) groups is 1. The Morgan fingerprint density at radius 3 is 2.60 bits per heavy atom. The van der Waals surface area contributed by atoms with Crippen molar-refractivity contribution in [3.63, 3.8) is 0 Å². The summed E-state index contributed by atoms with van der Waals surface area (Å²) < 4.78 is 0. The Morgan fingerprint density at radius 1 is 1.33 bits per heavy atom. The lowest BCUT2D eigenvalue weighted by atomic mass is 9.66. The monoisotopic (exact) mass is 210 g/mol. The predicted molar refractivity (Wildman–Crippen MR) is 56.4 cm³/mol. The van der Waals surface area contributed by atoms with E-state index in [4.69, 9.17) is 0 Å². The third kappa shape index (κ3) is 1.69. The molecule has 1 saturated carbocycles. The van der Waals surface area contributed by atoms with E-state index in [0.29, 0.717) is 12.8 Å². The van der Waals surface area contributed by atoms with Crippen LogP contribution in [0.5, 0.6) is 0 Å². The molecule has 1 fully saturated rings. The van der Waals surface area contributed by atoms with Gasteiger partial charge in [0.15, 0.2) is 0 Å². The van der Waals surface area contributed by atoms with Crippen LogP contribution < -0.4 is 0 Å². The van der Waals surface area contributed by atoms with E-state index in [9.17, 15) is 15.0 Å². The first kappa shape index (κ1) is 10.7. The lowest BCUT2D eigenvalue weighted by Crippen LogP contribution is -2.42. The highest BCUT2D eigenvalue weighted by molar-refractivity contribution is 5.75. The molecule has 15 heavy (non-hydrogen) atoms. The summed E-state index contributed by atoms with van der Waals surface area (Å²) in [6, 6.07) is 0. The van der Waals surface area contributed by atoms with Crippen LogP contribution in [0.25, 0.3) is 0 Å². The molecule has 2 aliphatic rings. The molecule has 0 aromatic carbocycles. The molecule has 0 aromatic rings. The Balaban J connectivity index is 2.25. The summed E-state index contributed by atoms with van der Waals surface area (Å²) in [5, 5.41) is 19.3. The van der Waals surface area contributed by atoms with Gasteiger partial charge in [-0.25, -0.2) is 0 Å². The van der Waals surface area contributed by atoms with Gasteiger partial charge in [-0.3, -0.25) is 4.79 Å². The minimum absolute atomic E-state index is 0.0417. The molecule has 2 N–H and O–H groups in total. The third-order valence-corrected chi connectivity index (χ3v) is 4.02. The molecule has 0 saturated heterocycles. The fourth-order valence-electron chi connectivity index (χ4n) is 3.13. The zero-order chi connectivity index (χ0) is 10.9. The first-order valence-corrected chi connectivity index (χ1v) is 5.73. The standard InChI is InChI=1S/C12H18O3/c13-10-6-4-5-9(10)12(11(14)15)7-2-1-3-8-12/h1-2,9-10,13H,3-8H2,(H,14,15). The normalized spacial score (nSPS) is 40.6. The number of carboxylic acids is 1. The molecule has 0 aromatic heterocycles. The SMILES string of the molecule is O=C(O)C1(C2CCCC2O)CC=CCC1. The molecule has 2 rings (SSSR count). The maximum atomic E-state index is 11.5. The van der Waals surface area contributed by atoms with E-state index in [1.807, 2.05) is 12.2 Å². The number of rotatable bonds is 2. The van der Waals surface area contributed by atoms with Crippen molar-refractivity contribution in [3.8, 4) is 0 Å². The molecule has 3 nitrogen and oxygen atoms in total. The molecule has 0 amide bonds. The Morgan fingerprint density at radius 2 is 2.13 bits per heavy atom. The second-order valence-corrected chi connectivity index (χ2v) is 4.78. The molecular formula is C12H18O3. The minimum Gasteiger partial charge on any atom is -0.481 e. The van der Waals surface area contributed by atoms with E-state index in [2.05, 4.69) is 0 Å². The number of hydrogen-bond donors (Lipinski definition) is 2. The summed E-state index contributed by atoms with van der Waals surface area (Å²) in [7, 11) is 0. The maximum Gasteiger partial charge on any atom is 0.310 e. The van der Waals surface area contributed by atoms with Crippen molar-refractivity contribution >= 4 is 5.97 Å². The van der Waals surface area contributed by atoms with Crippen LogP contribution in [0.3, 0.4) is 0 Å². The van der Waals surface area contributed by atoms with Gasteiger partial charge in [0.25, 0.3) is 0 Å². The number of aliphatic carboxylic acids is 1. The summed E-state index contributed by atoms with van der Waals surface area (Å²) >= 11 is 0. The number of carboxylic acid groups (broad SMARTS) is 1. The van der Waals surface area contributed by atoms with Crippen LogP contribution in [-0.4, -0.2) is 22.3 Å². The lowest BCUT2D eigenvalue weighted by Gasteiger charge is -2.37. The molecule has 0 radical (unpaired) electrons. The van der Waals surface area contributed by atoms with Gasteiger partial charge in [-0.05, 0) is 32.1 Å². The van der Waals surface area contributed by atoms with Crippen molar-refractivity contribution in [1.29, 1.82) is 0 Å². The first-order valence-electron chi connectivity index (χ1n) is 5.73. The molecule has 0 spiro atoms. The lowest BCUT2D eigenvalue weighted by molar-refractivity contribution is -0.156. The van der Waals surface area contributed by atoms with E-state index in [0.717, 1.165) is 25.7 Å². The molecule has 2 aliphatic carbocycles. The summed E-state index contributed by atoms with van der Waals surface area (Å²) in [6.07, 6.45) is 8.29. The van der Waals surface area contributed by atoms with E-state index < -0.39 is 17.5 Å². The van der Waals surface area contributed by atoms with Crippen molar-refractivity contribution in [1.82, 2.24) is 0 Å². The fourth-order valence-corrected chi connectivity index (χ4v) is 3.13. The zero-order valence-corrected chi connectivity index (χ0v) is 8.85. The van der Waals surface area contributed by atoms with E-state index >= 15 is 0 Å². The van der Waals surface area contributed by atoms with Crippen LogP contribution in [0.2, 0.25) is 0 Å². The highest BCUT2D eigenvalue weighted by atomic mass is 16.4. The van der Waals surface area contributed by atoms with E-state index in [1.54, 1.807) is 0 Å². The molecule has 0 aliphatic heterocycles. The highest BCUT2D eigenvalue weighted by Gasteiger charge is 2.49. The predicted octanol–water partition coefficient (Wildman–Crippen LogP) is 1.96. The van der Waals surface area contributed by atoms with Crippen LogP contribution in [0.15, 0.2) is 12.2 Å². The van der Waals surface area contributed by atoms with Gasteiger partial charge < -0.3 is 10.2 Å². The van der Waals surface area contributed by atoms with Gasteiger partial charge in [-0.2, -0.15) is 0 Å². The van der Waals surface area contributed by atoms with Crippen LogP contribution in [0, 0.1) is 11.3 Å². The maximum absolute atomic E-state index is 11.5. The second kappa shape index (κ2) is 3.97. The van der Waals surface area contributed by atoms with Gasteiger partial charge in [0.2, 0.25) is 0 Å². The average molecular weight is 210 g/mol. The third-order valence-electron chi connectivity index (χ3n) is 4.02. The molecule has 0 bridgehead atoms. The van der Waals surface area contributed by atoms with Crippen molar-refractivity contribution in [2.45, 2.75) is 44.6 Å². The first-order chi connectivity index (χ1) is 7.17. The fraction of sp³-hybridized carbons (Fsp3) is 0.750. The Kier molecular flexibility index (Phi) is 2.83. The van der Waals surface area contributed by atoms with Crippen LogP contribution in [0.4, 0.5) is 0 Å². The summed E-state index contributed by atoms with van der Waals surface area (Å²) in [5.74, 6) is -0.766. The quantitative estimate of drug-likeness (QED) is 0.685. The van der Waals surface area contributed by atoms with Crippen molar-refractivity contribution in [3.05, 3.63) is 12.2 Å². The smallest absolute Gasteiger partial charge is 0.310 e. The molecule has 3 heteroatoms. The van der Waals surface area contributed by atoms with Crippen molar-refractivity contribution in [2.75, 3.05) is 0 Å². The second-order valence-electron chi connectivity index (χ2n) is 4.78. The van der Waals surface area contributed by atoms with E-state index in [1.165, 1.54) is 0 Å². The van der Waals surface area contributed by atoms with Crippen molar-refractivity contribution in [2.24, 2.45) is 11.3 Å². The Bertz CT molecular complexity index is 285. The van der Waals surface area contributed by atoms with Crippen molar-refractivity contribution < 1.29 is 15.0 Å². The summed E-state index contributed by atoms with van der Waals surface area (Å²) in [6.45, 7) is 0. The molecule has 3 unspecified atom stereocenters. The molecule has 84 valence electrons. The van der Waals surface area contributed by atoms with Crippen LogP contribution in [0.1, 0.15) is 38.5 Å². The summed E-state index contributed by atoms with van der Waals surface area (Å²) in [4.78, 5) is 11.5. The van der Waals surface area contributed by atoms with Gasteiger partial charge in [0, 0.05) is 5.92 Å². The largest absolute Gasteiger partial charge is 0.481 e. The van der Waals surface area contributed by atoms with Gasteiger partial charge in [0.1, 0.15) is 0 Å². The van der Waals surface area contributed by atoms with Gasteiger partial charge >= 0.3 is 5.97 Å². The highest BCUT2D eigenvalue weighted by Crippen LogP contribution is 2.47. The van der Waals surface area contributed by atoms with E-state index in [-0.39, 0.29) is 5.92 Å². The number of hydrogen-bond acceptors (Lipinski definition) is 2. The molecule has 3 atom stereocenters. The van der Waals surface area contributed by atoms with Gasteiger partial charge in [-0.15, -0.1) is 0 Å². The zero-order valence-electron chi connectivity index (χ0n) is 8.85. The Labute approximate surface area is 89.8 Å².